The van der Waals surface area contributed by atoms with E-state index in [-0.39, 0.29) is 12.7 Å². The highest BCUT2D eigenvalue weighted by atomic mass is 16.7. The van der Waals surface area contributed by atoms with Crippen LogP contribution in [0, 0.1) is 13.8 Å². The molecule has 3 heterocycles. The van der Waals surface area contributed by atoms with Crippen molar-refractivity contribution >= 4 is 17.8 Å². The lowest BCUT2D eigenvalue weighted by molar-refractivity contribution is -0.111. The molecule has 8 nitrogen and oxygen atoms in total. The van der Waals surface area contributed by atoms with Gasteiger partial charge in [0.15, 0.2) is 17.3 Å². The molecule has 1 aromatic carbocycles. The van der Waals surface area contributed by atoms with Crippen molar-refractivity contribution in [1.82, 2.24) is 19.7 Å². The maximum atomic E-state index is 12.2. The number of rotatable bonds is 4. The summed E-state index contributed by atoms with van der Waals surface area (Å²) in [6.45, 7) is 4.07. The molecule has 0 fully saturated rings. The van der Waals surface area contributed by atoms with Crippen LogP contribution in [-0.4, -0.2) is 32.4 Å². The molecular weight excluding hydrogens is 346 g/mol. The minimum atomic E-state index is -0.300. The molecule has 1 aliphatic heterocycles. The minimum absolute atomic E-state index is 0.217. The van der Waals surface area contributed by atoms with Crippen molar-refractivity contribution in [1.29, 1.82) is 0 Å². The molecule has 1 aliphatic rings. The van der Waals surface area contributed by atoms with E-state index in [1.807, 2.05) is 38.1 Å². The van der Waals surface area contributed by atoms with Gasteiger partial charge in [-0.1, -0.05) is 6.07 Å². The van der Waals surface area contributed by atoms with Gasteiger partial charge >= 0.3 is 0 Å². The number of benzene rings is 1. The number of hydrogen-bond acceptors (Lipinski definition) is 6. The van der Waals surface area contributed by atoms with Crippen LogP contribution in [0.25, 0.3) is 11.9 Å². The number of aromatic nitrogens is 4. The Kier molecular flexibility index (Phi) is 4.29. The highest BCUT2D eigenvalue weighted by Crippen LogP contribution is 2.32. The first kappa shape index (κ1) is 16.8. The summed E-state index contributed by atoms with van der Waals surface area (Å²) in [5.74, 6) is 2.06. The topological polar surface area (TPSA) is 91.2 Å². The molecule has 0 bridgehead atoms. The van der Waals surface area contributed by atoms with Crippen LogP contribution in [0.15, 0.2) is 42.7 Å². The first-order chi connectivity index (χ1) is 13.1. The van der Waals surface area contributed by atoms with Crippen LogP contribution in [-0.2, 0) is 4.79 Å². The zero-order chi connectivity index (χ0) is 18.8. The first-order valence-electron chi connectivity index (χ1n) is 8.33. The number of anilines is 1. The van der Waals surface area contributed by atoms with Crippen LogP contribution in [0.1, 0.15) is 17.0 Å². The summed E-state index contributed by atoms with van der Waals surface area (Å²) in [6.07, 6.45) is 4.52. The summed E-state index contributed by atoms with van der Waals surface area (Å²) in [5.41, 5.74) is 2.68. The van der Waals surface area contributed by atoms with Gasteiger partial charge in [-0.2, -0.15) is 5.10 Å². The molecule has 136 valence electrons. The number of hydrogen-bond donors (Lipinski definition) is 1. The van der Waals surface area contributed by atoms with E-state index in [9.17, 15) is 4.79 Å². The molecule has 8 heteroatoms. The number of carbonyl (C=O) groups excluding carboxylic acids is 1. The Labute approximate surface area is 155 Å². The number of nitrogens with one attached hydrogen (secondary N) is 1. The maximum Gasteiger partial charge on any atom is 0.249 e. The quantitative estimate of drug-likeness (QED) is 0.717. The van der Waals surface area contributed by atoms with Crippen LogP contribution in [0.5, 0.6) is 11.5 Å². The third kappa shape index (κ3) is 3.64. The van der Waals surface area contributed by atoms with E-state index in [1.165, 1.54) is 12.4 Å². The average Bonchev–Trinajstić information content (AvgIpc) is 3.25. The van der Waals surface area contributed by atoms with E-state index in [0.29, 0.717) is 23.1 Å². The molecule has 1 amide bonds. The van der Waals surface area contributed by atoms with E-state index >= 15 is 0 Å². The van der Waals surface area contributed by atoms with Crippen LogP contribution < -0.4 is 14.8 Å². The summed E-state index contributed by atoms with van der Waals surface area (Å²) in [5, 5.41) is 7.11. The van der Waals surface area contributed by atoms with Gasteiger partial charge in [-0.25, -0.2) is 14.6 Å². The molecule has 0 unspecified atom stereocenters. The maximum absolute atomic E-state index is 12.2. The number of fused-ring (bicyclic) bond motifs is 1. The monoisotopic (exact) mass is 363 g/mol. The second kappa shape index (κ2) is 6.91. The van der Waals surface area contributed by atoms with Crippen molar-refractivity contribution in [2.24, 2.45) is 0 Å². The number of ether oxygens (including phenoxy) is 2. The Morgan fingerprint density at radius 2 is 2.00 bits per heavy atom. The fraction of sp³-hybridized carbons (Fsp3) is 0.158. The predicted octanol–water partition coefficient (Wildman–Crippen LogP) is 2.66. The summed E-state index contributed by atoms with van der Waals surface area (Å²) >= 11 is 0. The van der Waals surface area contributed by atoms with Crippen molar-refractivity contribution in [3.05, 3.63) is 59.7 Å². The Hall–Kier alpha value is -3.68. The summed E-state index contributed by atoms with van der Waals surface area (Å²) in [4.78, 5) is 20.5. The second-order valence-electron chi connectivity index (χ2n) is 6.04. The molecule has 0 atom stereocenters. The molecule has 4 rings (SSSR count). The Bertz CT molecular complexity index is 1040. The summed E-state index contributed by atoms with van der Waals surface area (Å²) in [7, 11) is 0. The highest BCUT2D eigenvalue weighted by Gasteiger charge is 2.12. The molecule has 0 saturated heterocycles. The lowest BCUT2D eigenvalue weighted by atomic mass is 10.2. The van der Waals surface area contributed by atoms with Gasteiger partial charge in [0.25, 0.3) is 0 Å². The van der Waals surface area contributed by atoms with Gasteiger partial charge in [-0.3, -0.25) is 4.79 Å². The predicted molar refractivity (Wildman–Crippen MR) is 98.9 cm³/mol. The van der Waals surface area contributed by atoms with Gasteiger partial charge in [-0.05, 0) is 43.7 Å². The second-order valence-corrected chi connectivity index (χ2v) is 6.04. The average molecular weight is 363 g/mol. The summed E-state index contributed by atoms with van der Waals surface area (Å²) in [6, 6.07) is 9.10. The molecule has 2 aromatic heterocycles. The van der Waals surface area contributed by atoms with Gasteiger partial charge < -0.3 is 14.8 Å². The smallest absolute Gasteiger partial charge is 0.249 e. The fourth-order valence-corrected chi connectivity index (χ4v) is 2.75. The van der Waals surface area contributed by atoms with Gasteiger partial charge in [0.2, 0.25) is 12.7 Å². The van der Waals surface area contributed by atoms with Crippen molar-refractivity contribution in [2.45, 2.75) is 13.8 Å². The Morgan fingerprint density at radius 1 is 1.15 bits per heavy atom. The molecule has 1 N–H and O–H groups in total. The number of carbonyl (C=O) groups is 1. The normalized spacial score (nSPS) is 12.5. The number of nitrogens with zero attached hydrogens (tertiary/aromatic N) is 4. The third-order valence-electron chi connectivity index (χ3n) is 3.95. The van der Waals surface area contributed by atoms with E-state index in [0.717, 1.165) is 17.0 Å². The SMILES string of the molecule is Cc1cc(C)n(-c2cc(NC(=O)/C=C/c3ccc4c(c3)OCO4)ncn2)n1. The van der Waals surface area contributed by atoms with E-state index in [1.54, 1.807) is 16.8 Å². The molecule has 27 heavy (non-hydrogen) atoms. The van der Waals surface area contributed by atoms with Crippen molar-refractivity contribution in [3.63, 3.8) is 0 Å². The first-order valence-corrected chi connectivity index (χ1v) is 8.33. The molecular formula is C19H17N5O3. The molecule has 0 saturated carbocycles. The molecule has 0 aliphatic carbocycles. The van der Waals surface area contributed by atoms with Gasteiger partial charge in [-0.15, -0.1) is 0 Å². The zero-order valence-electron chi connectivity index (χ0n) is 14.8. The van der Waals surface area contributed by atoms with Crippen LogP contribution in [0.4, 0.5) is 5.82 Å². The third-order valence-corrected chi connectivity index (χ3v) is 3.95. The zero-order valence-corrected chi connectivity index (χ0v) is 14.8. The fourth-order valence-electron chi connectivity index (χ4n) is 2.75. The molecule has 0 spiro atoms. The molecule has 3 aromatic rings. The standard InChI is InChI=1S/C19H17N5O3/c1-12-7-13(2)24(23-12)18-9-17(20-10-21-18)22-19(25)6-4-14-3-5-15-16(8-14)27-11-26-15/h3-10H,11H2,1-2H3,(H,20,21,22,25)/b6-4+. The van der Waals surface area contributed by atoms with Crippen LogP contribution >= 0.6 is 0 Å². The van der Waals surface area contributed by atoms with Crippen LogP contribution in [0.2, 0.25) is 0 Å². The van der Waals surface area contributed by atoms with Gasteiger partial charge in [0, 0.05) is 17.8 Å². The number of amides is 1. The summed E-state index contributed by atoms with van der Waals surface area (Å²) < 4.78 is 12.3. The van der Waals surface area contributed by atoms with Gasteiger partial charge in [0.05, 0.1) is 5.69 Å². The van der Waals surface area contributed by atoms with Crippen molar-refractivity contribution < 1.29 is 14.3 Å². The number of aryl methyl sites for hydroxylation is 2. The van der Waals surface area contributed by atoms with Crippen molar-refractivity contribution in [2.75, 3.05) is 12.1 Å². The van der Waals surface area contributed by atoms with E-state index in [2.05, 4.69) is 20.4 Å². The van der Waals surface area contributed by atoms with Gasteiger partial charge in [0.1, 0.15) is 12.1 Å². The molecule has 0 radical (unpaired) electrons. The van der Waals surface area contributed by atoms with Crippen molar-refractivity contribution in [3.8, 4) is 17.3 Å². The van der Waals surface area contributed by atoms with Crippen LogP contribution in [0.3, 0.4) is 0 Å². The lowest BCUT2D eigenvalue weighted by Crippen LogP contribution is -2.11. The largest absolute Gasteiger partial charge is 0.454 e. The Balaban J connectivity index is 1.47. The van der Waals surface area contributed by atoms with E-state index in [4.69, 9.17) is 9.47 Å². The lowest BCUT2D eigenvalue weighted by Gasteiger charge is -2.05. The minimum Gasteiger partial charge on any atom is -0.454 e. The Morgan fingerprint density at radius 3 is 2.81 bits per heavy atom. The highest BCUT2D eigenvalue weighted by molar-refractivity contribution is 6.01. The van der Waals surface area contributed by atoms with E-state index < -0.39 is 0 Å².